The molecule has 1 aliphatic heterocycles. The van der Waals surface area contributed by atoms with Gasteiger partial charge in [0, 0.05) is 30.7 Å². The molecule has 0 saturated carbocycles. The van der Waals surface area contributed by atoms with Gasteiger partial charge in [-0.15, -0.1) is 0 Å². The first-order valence-electron chi connectivity index (χ1n) is 6.63. The van der Waals surface area contributed by atoms with Crippen molar-refractivity contribution in [3.05, 3.63) is 24.0 Å². The van der Waals surface area contributed by atoms with Crippen LogP contribution in [0.4, 0.5) is 5.69 Å². The van der Waals surface area contributed by atoms with Gasteiger partial charge in [0.2, 0.25) is 5.54 Å². The van der Waals surface area contributed by atoms with Crippen molar-refractivity contribution in [2.45, 2.75) is 12.5 Å². The van der Waals surface area contributed by atoms with Crippen LogP contribution < -0.4 is 10.2 Å². The molecule has 0 atom stereocenters. The van der Waals surface area contributed by atoms with Crippen molar-refractivity contribution < 1.29 is 19.1 Å². The molecule has 0 radical (unpaired) electrons. The zero-order valence-corrected chi connectivity index (χ0v) is 12.4. The number of rotatable bonds is 3. The van der Waals surface area contributed by atoms with E-state index in [4.69, 9.17) is 9.47 Å². The van der Waals surface area contributed by atoms with Crippen LogP contribution in [0.5, 0.6) is 0 Å². The Balaban J connectivity index is 2.32. The molecule has 0 amide bonds. The van der Waals surface area contributed by atoms with Crippen LogP contribution in [0.2, 0.25) is 0 Å². The van der Waals surface area contributed by atoms with Crippen LogP contribution in [0, 0.1) is 6.92 Å². The number of methoxy groups -OCH3 is 2. The van der Waals surface area contributed by atoms with Crippen LogP contribution in [0.3, 0.4) is 0 Å². The van der Waals surface area contributed by atoms with Crippen LogP contribution in [0.25, 0.3) is 0 Å². The SMILES string of the molecule is COC(=O)C1(C(=O)OC)CN(c2ccnc(C)c2)CCN1. The van der Waals surface area contributed by atoms with E-state index in [1.54, 1.807) is 6.20 Å². The average molecular weight is 293 g/mol. The molecule has 0 bridgehead atoms. The lowest BCUT2D eigenvalue weighted by molar-refractivity contribution is -0.163. The lowest BCUT2D eigenvalue weighted by Crippen LogP contribution is -2.69. The summed E-state index contributed by atoms with van der Waals surface area (Å²) in [6.07, 6.45) is 1.70. The number of esters is 2. The molecule has 7 heteroatoms. The summed E-state index contributed by atoms with van der Waals surface area (Å²) in [5.74, 6) is -1.30. The van der Waals surface area contributed by atoms with Gasteiger partial charge in [0.25, 0.3) is 0 Å². The van der Waals surface area contributed by atoms with Crippen LogP contribution in [-0.2, 0) is 19.1 Å². The highest BCUT2D eigenvalue weighted by Crippen LogP contribution is 2.22. The van der Waals surface area contributed by atoms with E-state index >= 15 is 0 Å². The van der Waals surface area contributed by atoms with E-state index in [0.717, 1.165) is 11.4 Å². The predicted octanol–water partition coefficient (Wildman–Crippen LogP) is -0.116. The predicted molar refractivity (Wildman–Crippen MR) is 76.0 cm³/mol. The third-order valence-electron chi connectivity index (χ3n) is 3.55. The fourth-order valence-electron chi connectivity index (χ4n) is 2.48. The normalized spacial score (nSPS) is 17.2. The van der Waals surface area contributed by atoms with Gasteiger partial charge in [-0.05, 0) is 19.1 Å². The summed E-state index contributed by atoms with van der Waals surface area (Å²) in [7, 11) is 2.51. The summed E-state index contributed by atoms with van der Waals surface area (Å²) in [6, 6.07) is 3.75. The molecule has 0 spiro atoms. The molecular formula is C14H19N3O4. The molecule has 2 heterocycles. The Hall–Kier alpha value is -2.15. The first kappa shape index (κ1) is 15.2. The number of carbonyl (C=O) groups is 2. The maximum absolute atomic E-state index is 12.1. The Kier molecular flexibility index (Phi) is 4.42. The summed E-state index contributed by atoms with van der Waals surface area (Å²) in [4.78, 5) is 30.3. The Morgan fingerprint density at radius 3 is 2.57 bits per heavy atom. The number of piperazine rings is 1. The summed E-state index contributed by atoms with van der Waals surface area (Å²) in [5, 5.41) is 2.94. The topological polar surface area (TPSA) is 80.8 Å². The zero-order chi connectivity index (χ0) is 15.5. The minimum Gasteiger partial charge on any atom is -0.467 e. The standard InChI is InChI=1S/C14H19N3O4/c1-10-8-11(4-5-15-10)17-7-6-16-14(9-17,12(18)20-2)13(19)21-3/h4-5,8,16H,6-7,9H2,1-3H3. The summed E-state index contributed by atoms with van der Waals surface area (Å²) >= 11 is 0. The fraction of sp³-hybridized carbons (Fsp3) is 0.500. The van der Waals surface area contributed by atoms with Gasteiger partial charge in [-0.2, -0.15) is 0 Å². The number of nitrogens with zero attached hydrogens (tertiary/aromatic N) is 2. The molecular weight excluding hydrogens is 274 g/mol. The fourth-order valence-corrected chi connectivity index (χ4v) is 2.48. The Morgan fingerprint density at radius 1 is 1.33 bits per heavy atom. The molecule has 1 aromatic rings. The van der Waals surface area contributed by atoms with Crippen molar-refractivity contribution in [1.29, 1.82) is 0 Å². The Morgan fingerprint density at radius 2 is 2.00 bits per heavy atom. The molecule has 0 aromatic carbocycles. The molecule has 1 N–H and O–H groups in total. The van der Waals surface area contributed by atoms with E-state index in [2.05, 4.69) is 10.3 Å². The molecule has 2 rings (SSSR count). The highest BCUT2D eigenvalue weighted by molar-refractivity contribution is 6.06. The first-order chi connectivity index (χ1) is 10.0. The van der Waals surface area contributed by atoms with E-state index in [1.165, 1.54) is 14.2 Å². The van der Waals surface area contributed by atoms with Gasteiger partial charge in [-0.3, -0.25) is 10.3 Å². The number of aromatic nitrogens is 1. The van der Waals surface area contributed by atoms with Gasteiger partial charge >= 0.3 is 11.9 Å². The number of aryl methyl sites for hydroxylation is 1. The monoisotopic (exact) mass is 293 g/mol. The largest absolute Gasteiger partial charge is 0.467 e. The third kappa shape index (κ3) is 2.82. The van der Waals surface area contributed by atoms with Gasteiger partial charge in [-0.1, -0.05) is 0 Å². The second kappa shape index (κ2) is 6.09. The number of nitrogens with one attached hydrogen (secondary N) is 1. The first-order valence-corrected chi connectivity index (χ1v) is 6.63. The molecule has 21 heavy (non-hydrogen) atoms. The number of hydrogen-bond donors (Lipinski definition) is 1. The van der Waals surface area contributed by atoms with Crippen molar-refractivity contribution in [2.24, 2.45) is 0 Å². The van der Waals surface area contributed by atoms with Crippen molar-refractivity contribution in [3.8, 4) is 0 Å². The average Bonchev–Trinajstić information content (AvgIpc) is 2.53. The third-order valence-corrected chi connectivity index (χ3v) is 3.55. The maximum Gasteiger partial charge on any atom is 0.339 e. The molecule has 1 fully saturated rings. The van der Waals surface area contributed by atoms with Crippen LogP contribution >= 0.6 is 0 Å². The number of hydrogen-bond acceptors (Lipinski definition) is 7. The summed E-state index contributed by atoms with van der Waals surface area (Å²) < 4.78 is 9.57. The van der Waals surface area contributed by atoms with Gasteiger partial charge in [0.15, 0.2) is 0 Å². The van der Waals surface area contributed by atoms with Crippen molar-refractivity contribution in [1.82, 2.24) is 10.3 Å². The molecule has 1 saturated heterocycles. The highest BCUT2D eigenvalue weighted by Gasteiger charge is 2.51. The molecule has 7 nitrogen and oxygen atoms in total. The molecule has 1 aromatic heterocycles. The lowest BCUT2D eigenvalue weighted by atomic mass is 9.96. The van der Waals surface area contributed by atoms with Crippen LogP contribution in [-0.4, -0.2) is 56.3 Å². The number of anilines is 1. The van der Waals surface area contributed by atoms with E-state index in [0.29, 0.717) is 13.1 Å². The number of pyridine rings is 1. The lowest BCUT2D eigenvalue weighted by Gasteiger charge is -2.40. The smallest absolute Gasteiger partial charge is 0.339 e. The van der Waals surface area contributed by atoms with Crippen LogP contribution in [0.1, 0.15) is 5.69 Å². The molecule has 1 aliphatic rings. The molecule has 0 aliphatic carbocycles. The van der Waals surface area contributed by atoms with Gasteiger partial charge in [0.1, 0.15) is 0 Å². The van der Waals surface area contributed by atoms with Crippen LogP contribution in [0.15, 0.2) is 18.3 Å². The van der Waals surface area contributed by atoms with E-state index in [9.17, 15) is 9.59 Å². The zero-order valence-electron chi connectivity index (χ0n) is 12.4. The van der Waals surface area contributed by atoms with Crippen molar-refractivity contribution >= 4 is 17.6 Å². The Labute approximate surface area is 123 Å². The quantitative estimate of drug-likeness (QED) is 0.615. The van der Waals surface area contributed by atoms with E-state index in [1.807, 2.05) is 24.0 Å². The van der Waals surface area contributed by atoms with E-state index in [-0.39, 0.29) is 6.54 Å². The maximum atomic E-state index is 12.1. The molecule has 0 unspecified atom stereocenters. The Bertz CT molecular complexity index is 531. The number of ether oxygens (including phenoxy) is 2. The van der Waals surface area contributed by atoms with Crippen molar-refractivity contribution in [3.63, 3.8) is 0 Å². The highest BCUT2D eigenvalue weighted by atomic mass is 16.5. The second-order valence-electron chi connectivity index (χ2n) is 4.89. The van der Waals surface area contributed by atoms with Crippen molar-refractivity contribution in [2.75, 3.05) is 38.8 Å². The van der Waals surface area contributed by atoms with Gasteiger partial charge in [-0.25, -0.2) is 9.59 Å². The summed E-state index contributed by atoms with van der Waals surface area (Å²) in [5.41, 5.74) is 0.271. The van der Waals surface area contributed by atoms with E-state index < -0.39 is 17.5 Å². The number of carbonyl (C=O) groups excluding carboxylic acids is 2. The minimum absolute atomic E-state index is 0.149. The van der Waals surface area contributed by atoms with Gasteiger partial charge in [0.05, 0.1) is 20.8 Å². The van der Waals surface area contributed by atoms with Gasteiger partial charge < -0.3 is 14.4 Å². The molecule has 114 valence electrons. The summed E-state index contributed by atoms with van der Waals surface area (Å²) in [6.45, 7) is 3.17. The second-order valence-corrected chi connectivity index (χ2v) is 4.89. The minimum atomic E-state index is -1.50.